The molecule has 2 N–H and O–H groups in total. The van der Waals surface area contributed by atoms with Crippen molar-refractivity contribution in [3.05, 3.63) is 60.2 Å². The van der Waals surface area contributed by atoms with E-state index in [1.807, 2.05) is 18.3 Å². The molecule has 0 aliphatic carbocycles. The van der Waals surface area contributed by atoms with E-state index in [1.54, 1.807) is 6.33 Å². The molecule has 2 aliphatic heterocycles. The van der Waals surface area contributed by atoms with E-state index in [1.165, 1.54) is 42.5 Å². The molecule has 2 aliphatic rings. The Morgan fingerprint density at radius 3 is 2.47 bits per heavy atom. The van der Waals surface area contributed by atoms with E-state index < -0.39 is 0 Å². The fourth-order valence-corrected chi connectivity index (χ4v) is 5.18. The van der Waals surface area contributed by atoms with Crippen LogP contribution in [-0.4, -0.2) is 34.6 Å². The first-order valence-electron chi connectivity index (χ1n) is 10.2. The number of benzene rings is 2. The average molecular weight is 444 g/mol. The van der Waals surface area contributed by atoms with Gasteiger partial charge >= 0.3 is 0 Å². The third kappa shape index (κ3) is 4.13. The van der Waals surface area contributed by atoms with Gasteiger partial charge in [-0.2, -0.15) is 5.26 Å². The third-order valence-electron chi connectivity index (χ3n) is 6.41. The van der Waals surface area contributed by atoms with E-state index in [4.69, 9.17) is 0 Å². The van der Waals surface area contributed by atoms with Gasteiger partial charge in [-0.15, -0.1) is 24.8 Å². The van der Waals surface area contributed by atoms with Crippen molar-refractivity contribution in [1.29, 1.82) is 5.26 Å². The van der Waals surface area contributed by atoms with Gasteiger partial charge in [0.25, 0.3) is 0 Å². The number of fused-ring (bicyclic) bond motifs is 3. The summed E-state index contributed by atoms with van der Waals surface area (Å²) in [5.74, 6) is 0. The highest BCUT2D eigenvalue weighted by Crippen LogP contribution is 2.42. The lowest BCUT2D eigenvalue weighted by molar-refractivity contribution is 0.358. The molecule has 158 valence electrons. The monoisotopic (exact) mass is 443 g/mol. The standard InChI is InChI=1S/C23H25N5.2ClH/c24-13-16-5-8-23(22-4-2-1-3-21(16)22)28-19-6-7-20(28)12-18(11-19)26-10-9-17-14-25-15-27-17;;/h1-5,8,14-15,18-20,26H,6-7,9-12H2,(H,25,27);2*1H. The molecule has 1 aromatic heterocycles. The van der Waals surface area contributed by atoms with Crippen LogP contribution in [0.3, 0.4) is 0 Å². The molecule has 0 amide bonds. The maximum absolute atomic E-state index is 9.46. The molecule has 2 saturated heterocycles. The Bertz CT molecular complexity index is 1000. The van der Waals surface area contributed by atoms with Gasteiger partial charge in [0.1, 0.15) is 0 Å². The third-order valence-corrected chi connectivity index (χ3v) is 6.41. The quantitative estimate of drug-likeness (QED) is 0.603. The summed E-state index contributed by atoms with van der Waals surface area (Å²) in [7, 11) is 0. The lowest BCUT2D eigenvalue weighted by Gasteiger charge is -2.41. The fourth-order valence-electron chi connectivity index (χ4n) is 5.18. The lowest BCUT2D eigenvalue weighted by Crippen LogP contribution is -2.49. The largest absolute Gasteiger partial charge is 0.365 e. The molecule has 3 aromatic rings. The van der Waals surface area contributed by atoms with Gasteiger partial charge in [0.05, 0.1) is 18.0 Å². The number of nitrogens with one attached hydrogen (secondary N) is 2. The van der Waals surface area contributed by atoms with E-state index in [0.717, 1.165) is 23.9 Å². The first-order valence-corrected chi connectivity index (χ1v) is 10.2. The van der Waals surface area contributed by atoms with E-state index >= 15 is 0 Å². The molecule has 2 aromatic carbocycles. The van der Waals surface area contributed by atoms with Crippen LogP contribution < -0.4 is 10.2 Å². The number of imidazole rings is 1. The Morgan fingerprint density at radius 2 is 1.80 bits per heavy atom. The van der Waals surface area contributed by atoms with Crippen LogP contribution in [0.5, 0.6) is 0 Å². The Balaban J connectivity index is 0.00000128. The number of halogens is 2. The predicted molar refractivity (Wildman–Crippen MR) is 126 cm³/mol. The SMILES string of the molecule is Cl.Cl.N#Cc1ccc(N2C3CCC2CC(NCCc2cnc[nH]2)C3)c2ccccc12. The second-order valence-electron chi connectivity index (χ2n) is 8.03. The number of hydrogen-bond acceptors (Lipinski definition) is 4. The van der Waals surface area contributed by atoms with Gasteiger partial charge in [-0.1, -0.05) is 24.3 Å². The van der Waals surface area contributed by atoms with Gasteiger partial charge in [-0.05, 0) is 37.8 Å². The molecule has 2 atom stereocenters. The van der Waals surface area contributed by atoms with E-state index in [-0.39, 0.29) is 24.8 Å². The van der Waals surface area contributed by atoms with Crippen LogP contribution in [0.2, 0.25) is 0 Å². The van der Waals surface area contributed by atoms with Crippen molar-refractivity contribution in [2.75, 3.05) is 11.4 Å². The first-order chi connectivity index (χ1) is 13.8. The minimum atomic E-state index is 0. The molecule has 30 heavy (non-hydrogen) atoms. The summed E-state index contributed by atoms with van der Waals surface area (Å²) in [6.45, 7) is 0.992. The van der Waals surface area contributed by atoms with Crippen molar-refractivity contribution in [2.45, 2.75) is 50.2 Å². The van der Waals surface area contributed by atoms with E-state index in [0.29, 0.717) is 18.1 Å². The molecular weight excluding hydrogens is 417 g/mol. The summed E-state index contributed by atoms with van der Waals surface area (Å²) in [4.78, 5) is 9.92. The van der Waals surface area contributed by atoms with Crippen LogP contribution in [0.1, 0.15) is 36.9 Å². The van der Waals surface area contributed by atoms with Gasteiger partial charge in [-0.3, -0.25) is 0 Å². The average Bonchev–Trinajstić information content (AvgIpc) is 3.33. The number of nitriles is 1. The number of anilines is 1. The summed E-state index contributed by atoms with van der Waals surface area (Å²) >= 11 is 0. The normalized spacial score (nSPS) is 22.2. The molecule has 2 unspecified atom stereocenters. The molecule has 0 saturated carbocycles. The van der Waals surface area contributed by atoms with Crippen LogP contribution in [0.4, 0.5) is 5.69 Å². The fraction of sp³-hybridized carbons (Fsp3) is 0.391. The van der Waals surface area contributed by atoms with Crippen molar-refractivity contribution in [3.8, 4) is 6.07 Å². The Labute approximate surface area is 189 Å². The van der Waals surface area contributed by atoms with Crippen molar-refractivity contribution in [1.82, 2.24) is 15.3 Å². The smallest absolute Gasteiger partial charge is 0.0998 e. The number of aromatic amines is 1. The zero-order chi connectivity index (χ0) is 18.9. The van der Waals surface area contributed by atoms with Crippen molar-refractivity contribution < 1.29 is 0 Å². The maximum atomic E-state index is 9.46. The molecule has 5 rings (SSSR count). The topological polar surface area (TPSA) is 67.7 Å². The molecule has 5 nitrogen and oxygen atoms in total. The van der Waals surface area contributed by atoms with Gasteiger partial charge in [0.15, 0.2) is 0 Å². The van der Waals surface area contributed by atoms with Crippen LogP contribution >= 0.6 is 24.8 Å². The van der Waals surface area contributed by atoms with Crippen molar-refractivity contribution >= 4 is 41.3 Å². The van der Waals surface area contributed by atoms with Crippen molar-refractivity contribution in [2.24, 2.45) is 0 Å². The zero-order valence-corrected chi connectivity index (χ0v) is 18.4. The van der Waals surface area contributed by atoms with Crippen LogP contribution in [-0.2, 0) is 6.42 Å². The molecule has 3 heterocycles. The summed E-state index contributed by atoms with van der Waals surface area (Å²) in [6, 6.07) is 16.6. The number of nitrogens with zero attached hydrogens (tertiary/aromatic N) is 3. The lowest BCUT2D eigenvalue weighted by atomic mass is 9.94. The Morgan fingerprint density at radius 1 is 1.07 bits per heavy atom. The van der Waals surface area contributed by atoms with Crippen LogP contribution in [0, 0.1) is 11.3 Å². The number of aromatic nitrogens is 2. The van der Waals surface area contributed by atoms with Gasteiger partial charge < -0.3 is 15.2 Å². The second kappa shape index (κ2) is 9.70. The Hall–Kier alpha value is -2.26. The second-order valence-corrected chi connectivity index (χ2v) is 8.03. The number of piperidine rings is 1. The summed E-state index contributed by atoms with van der Waals surface area (Å²) in [5.41, 5.74) is 3.26. The number of hydrogen-bond donors (Lipinski definition) is 2. The van der Waals surface area contributed by atoms with Gasteiger partial charge in [0, 0.05) is 59.4 Å². The molecule has 2 bridgehead atoms. The highest BCUT2D eigenvalue weighted by atomic mass is 35.5. The number of H-pyrrole nitrogens is 1. The summed E-state index contributed by atoms with van der Waals surface area (Å²) in [6.07, 6.45) is 9.55. The minimum Gasteiger partial charge on any atom is -0.365 e. The number of rotatable bonds is 5. The van der Waals surface area contributed by atoms with Crippen LogP contribution in [0.25, 0.3) is 10.8 Å². The van der Waals surface area contributed by atoms with E-state index in [2.05, 4.69) is 50.5 Å². The predicted octanol–water partition coefficient (Wildman–Crippen LogP) is 4.61. The molecular formula is C23H27Cl2N5. The highest BCUT2D eigenvalue weighted by molar-refractivity contribution is 5.98. The van der Waals surface area contributed by atoms with Crippen LogP contribution in [0.15, 0.2) is 48.9 Å². The molecule has 2 fully saturated rings. The van der Waals surface area contributed by atoms with Crippen molar-refractivity contribution in [3.63, 3.8) is 0 Å². The maximum Gasteiger partial charge on any atom is 0.0998 e. The summed E-state index contributed by atoms with van der Waals surface area (Å²) in [5, 5.41) is 15.5. The summed E-state index contributed by atoms with van der Waals surface area (Å²) < 4.78 is 0. The minimum absolute atomic E-state index is 0. The first kappa shape index (κ1) is 22.4. The van der Waals surface area contributed by atoms with E-state index in [9.17, 15) is 5.26 Å². The molecule has 0 spiro atoms. The molecule has 0 radical (unpaired) electrons. The zero-order valence-electron chi connectivity index (χ0n) is 16.8. The Kier molecular flexibility index (Phi) is 7.25. The van der Waals surface area contributed by atoms with Gasteiger partial charge in [0.2, 0.25) is 0 Å². The molecule has 7 heteroatoms. The van der Waals surface area contributed by atoms with Gasteiger partial charge in [-0.25, -0.2) is 4.98 Å². The highest BCUT2D eigenvalue weighted by Gasteiger charge is 2.41.